The number of hydrogen-bond acceptors (Lipinski definition) is 6. The zero-order valence-electron chi connectivity index (χ0n) is 20.4. The van der Waals surface area contributed by atoms with E-state index in [1.807, 2.05) is 60.6 Å². The fourth-order valence-electron chi connectivity index (χ4n) is 4.60. The predicted octanol–water partition coefficient (Wildman–Crippen LogP) is 3.56. The molecule has 3 heterocycles. The van der Waals surface area contributed by atoms with Crippen LogP contribution < -0.4 is 15.0 Å². The van der Waals surface area contributed by atoms with Crippen LogP contribution in [0.1, 0.15) is 6.92 Å². The molecule has 9 heteroatoms. The number of carbonyl (C=O) groups is 1. The van der Waals surface area contributed by atoms with E-state index in [9.17, 15) is 4.79 Å². The average molecular weight is 472 g/mol. The van der Waals surface area contributed by atoms with Crippen LogP contribution in [0.2, 0.25) is 0 Å². The van der Waals surface area contributed by atoms with Crippen LogP contribution in [0.3, 0.4) is 0 Å². The number of amides is 2. The Morgan fingerprint density at radius 2 is 1.97 bits per heavy atom. The third-order valence-corrected chi connectivity index (χ3v) is 6.46. The first-order valence-corrected chi connectivity index (χ1v) is 11.6. The largest absolute Gasteiger partial charge is 0.494 e. The Labute approximate surface area is 204 Å². The quantitative estimate of drug-likeness (QED) is 0.490. The van der Waals surface area contributed by atoms with Crippen LogP contribution in [0, 0.1) is 0 Å². The van der Waals surface area contributed by atoms with Crippen LogP contribution in [-0.2, 0) is 7.05 Å². The number of aryl methyl sites for hydroxylation is 1. The van der Waals surface area contributed by atoms with Gasteiger partial charge in [-0.15, -0.1) is 0 Å². The van der Waals surface area contributed by atoms with E-state index >= 15 is 0 Å². The van der Waals surface area contributed by atoms with Gasteiger partial charge in [-0.1, -0.05) is 30.3 Å². The zero-order valence-corrected chi connectivity index (χ0v) is 20.4. The molecule has 0 saturated carbocycles. The number of aromatic nitrogens is 4. The molecule has 180 valence electrons. The van der Waals surface area contributed by atoms with Gasteiger partial charge in [0, 0.05) is 68.5 Å². The van der Waals surface area contributed by atoms with Crippen LogP contribution in [0.15, 0.2) is 55.0 Å². The molecular formula is C26H29N7O2. The highest BCUT2D eigenvalue weighted by Crippen LogP contribution is 2.38. The monoisotopic (exact) mass is 471 g/mol. The third-order valence-electron chi connectivity index (χ3n) is 6.46. The molecule has 0 spiro atoms. The second-order valence-electron chi connectivity index (χ2n) is 8.78. The van der Waals surface area contributed by atoms with Gasteiger partial charge < -0.3 is 15.0 Å². The summed E-state index contributed by atoms with van der Waals surface area (Å²) in [5.74, 6) is 0.579. The molecule has 1 aliphatic rings. The lowest BCUT2D eigenvalue weighted by atomic mass is 10.0. The molecule has 1 N–H and O–H groups in total. The number of carbonyl (C=O) groups excluding carboxylic acids is 1. The van der Waals surface area contributed by atoms with E-state index in [1.165, 1.54) is 0 Å². The van der Waals surface area contributed by atoms with Gasteiger partial charge >= 0.3 is 6.03 Å². The van der Waals surface area contributed by atoms with Gasteiger partial charge in [0.15, 0.2) is 0 Å². The molecule has 1 aliphatic heterocycles. The summed E-state index contributed by atoms with van der Waals surface area (Å²) in [6, 6.07) is 13.9. The van der Waals surface area contributed by atoms with E-state index in [0.29, 0.717) is 18.0 Å². The Balaban J connectivity index is 1.64. The maximum atomic E-state index is 13.4. The number of urea groups is 1. The number of nitrogens with zero attached hydrogens (tertiary/aromatic N) is 6. The maximum Gasteiger partial charge on any atom is 0.324 e. The molecule has 0 aliphatic carbocycles. The minimum absolute atomic E-state index is 0.0681. The lowest BCUT2D eigenvalue weighted by molar-refractivity contribution is 0.172. The highest BCUT2D eigenvalue weighted by atomic mass is 16.5. The first-order chi connectivity index (χ1) is 17.0. The van der Waals surface area contributed by atoms with E-state index in [2.05, 4.69) is 22.2 Å². The molecule has 2 aromatic heterocycles. The molecular weight excluding hydrogens is 442 g/mol. The molecule has 0 radical (unpaired) electrons. The van der Waals surface area contributed by atoms with Crippen LogP contribution in [0.4, 0.5) is 10.5 Å². The van der Waals surface area contributed by atoms with Gasteiger partial charge in [0.2, 0.25) is 0 Å². The smallest absolute Gasteiger partial charge is 0.324 e. The lowest BCUT2D eigenvalue weighted by Gasteiger charge is -2.36. The highest BCUT2D eigenvalue weighted by molar-refractivity contribution is 6.02. The molecule has 35 heavy (non-hydrogen) atoms. The molecule has 1 unspecified atom stereocenters. The van der Waals surface area contributed by atoms with Crippen molar-refractivity contribution in [1.82, 2.24) is 30.0 Å². The van der Waals surface area contributed by atoms with E-state index in [-0.39, 0.29) is 12.1 Å². The summed E-state index contributed by atoms with van der Waals surface area (Å²) in [5, 5.41) is 8.86. The summed E-state index contributed by atoms with van der Waals surface area (Å²) in [4.78, 5) is 26.1. The summed E-state index contributed by atoms with van der Waals surface area (Å²) in [5.41, 5.74) is 4.88. The lowest BCUT2D eigenvalue weighted by Crippen LogP contribution is -2.55. The summed E-state index contributed by atoms with van der Waals surface area (Å²) in [6.45, 7) is 4.26. The van der Waals surface area contributed by atoms with Crippen molar-refractivity contribution in [3.05, 3.63) is 55.0 Å². The van der Waals surface area contributed by atoms with E-state index in [1.54, 1.807) is 30.1 Å². The Kier molecular flexibility index (Phi) is 6.08. The van der Waals surface area contributed by atoms with Gasteiger partial charge in [0.05, 0.1) is 24.0 Å². The first kappa shape index (κ1) is 22.8. The Hall–Kier alpha value is -3.98. The number of methoxy groups -OCH3 is 1. The highest BCUT2D eigenvalue weighted by Gasteiger charge is 2.28. The van der Waals surface area contributed by atoms with Crippen molar-refractivity contribution in [2.75, 3.05) is 38.7 Å². The van der Waals surface area contributed by atoms with Gasteiger partial charge in [-0.2, -0.15) is 5.10 Å². The number of anilines is 1. The van der Waals surface area contributed by atoms with Crippen LogP contribution >= 0.6 is 0 Å². The van der Waals surface area contributed by atoms with Gasteiger partial charge in [-0.05, 0) is 13.0 Å². The summed E-state index contributed by atoms with van der Waals surface area (Å²) in [7, 11) is 5.28. The van der Waals surface area contributed by atoms with Crippen molar-refractivity contribution in [3.8, 4) is 28.3 Å². The van der Waals surface area contributed by atoms with Gasteiger partial charge in [-0.3, -0.25) is 9.58 Å². The first-order valence-electron chi connectivity index (χ1n) is 11.6. The minimum atomic E-state index is -0.0681. The fourth-order valence-corrected chi connectivity index (χ4v) is 4.60. The molecule has 0 bridgehead atoms. The number of hydrogen-bond donors (Lipinski definition) is 1. The zero-order chi connectivity index (χ0) is 24.5. The molecule has 4 aromatic rings. The second-order valence-corrected chi connectivity index (χ2v) is 8.78. The fraction of sp³-hybridized carbons (Fsp3) is 0.308. The Morgan fingerprint density at radius 3 is 2.71 bits per heavy atom. The van der Waals surface area contributed by atoms with E-state index < -0.39 is 0 Å². The number of ether oxygens (including phenoxy) is 1. The normalized spacial score (nSPS) is 15.9. The van der Waals surface area contributed by atoms with Crippen LogP contribution in [0.25, 0.3) is 33.4 Å². The molecule has 5 rings (SSSR count). The SMILES string of the molecule is COc1cc2ncnc(-c3cn(C)nc3-c3ccccc3)c2cc1N(C)C(=O)N1CCNCC1C. The van der Waals surface area contributed by atoms with Crippen molar-refractivity contribution >= 4 is 22.6 Å². The molecule has 9 nitrogen and oxygen atoms in total. The van der Waals surface area contributed by atoms with Crippen molar-refractivity contribution in [1.29, 1.82) is 0 Å². The second kappa shape index (κ2) is 9.34. The van der Waals surface area contributed by atoms with Crippen molar-refractivity contribution in [2.24, 2.45) is 7.05 Å². The van der Waals surface area contributed by atoms with Crippen LogP contribution in [0.5, 0.6) is 5.75 Å². The number of fused-ring (bicyclic) bond motifs is 1. The molecule has 1 saturated heterocycles. The van der Waals surface area contributed by atoms with E-state index in [4.69, 9.17) is 9.84 Å². The van der Waals surface area contributed by atoms with Crippen molar-refractivity contribution in [3.63, 3.8) is 0 Å². The van der Waals surface area contributed by atoms with Crippen LogP contribution in [-0.4, -0.2) is 70.5 Å². The molecule has 1 fully saturated rings. The average Bonchev–Trinajstić information content (AvgIpc) is 3.28. The summed E-state index contributed by atoms with van der Waals surface area (Å²) in [6.07, 6.45) is 3.52. The number of rotatable bonds is 4. The standard InChI is InChI=1S/C26H29N7O2/c1-17-14-27-10-11-33(17)26(34)32(3)22-12-19-21(13-23(22)35-4)28-16-29-25(19)20-15-31(2)30-24(20)18-8-6-5-7-9-18/h5-9,12-13,15-17,27H,10-11,14H2,1-4H3. The number of benzene rings is 2. The molecule has 2 aromatic carbocycles. The number of nitrogens with one attached hydrogen (secondary N) is 1. The van der Waals surface area contributed by atoms with Crippen molar-refractivity contribution in [2.45, 2.75) is 13.0 Å². The van der Waals surface area contributed by atoms with E-state index in [0.717, 1.165) is 46.5 Å². The van der Waals surface area contributed by atoms with Gasteiger partial charge in [0.25, 0.3) is 0 Å². The number of piperazine rings is 1. The summed E-state index contributed by atoms with van der Waals surface area (Å²) >= 11 is 0. The maximum absolute atomic E-state index is 13.4. The van der Waals surface area contributed by atoms with Gasteiger partial charge in [0.1, 0.15) is 17.8 Å². The van der Waals surface area contributed by atoms with Gasteiger partial charge in [-0.25, -0.2) is 14.8 Å². The minimum Gasteiger partial charge on any atom is -0.494 e. The Bertz CT molecular complexity index is 1370. The summed E-state index contributed by atoms with van der Waals surface area (Å²) < 4.78 is 7.47. The molecule has 1 atom stereocenters. The molecule has 2 amide bonds. The third kappa shape index (κ3) is 4.19. The van der Waals surface area contributed by atoms with Crippen molar-refractivity contribution < 1.29 is 9.53 Å². The Morgan fingerprint density at radius 1 is 1.17 bits per heavy atom. The topological polar surface area (TPSA) is 88.4 Å². The predicted molar refractivity (Wildman–Crippen MR) is 137 cm³/mol.